The number of carboxylic acid groups (broad SMARTS) is 1. The molecule has 1 aromatic rings. The molecule has 0 saturated carbocycles. The average Bonchev–Trinajstić information content (AvgIpc) is 2.86. The Hall–Kier alpha value is -1.76. The van der Waals surface area contributed by atoms with Crippen LogP contribution in [0.4, 0.5) is 10.5 Å². The van der Waals surface area contributed by atoms with Gasteiger partial charge >= 0.3 is 12.1 Å². The molecule has 0 atom stereocenters. The lowest BCUT2D eigenvalue weighted by Crippen LogP contribution is -2.44. The number of aromatic carboxylic acids is 1. The van der Waals surface area contributed by atoms with E-state index in [0.29, 0.717) is 23.7 Å². The van der Waals surface area contributed by atoms with Crippen molar-refractivity contribution in [1.82, 2.24) is 4.90 Å². The molecular formula is C15H22N2O4S. The molecule has 0 bridgehead atoms. The molecule has 2 heterocycles. The van der Waals surface area contributed by atoms with Gasteiger partial charge in [-0.2, -0.15) is 0 Å². The Labute approximate surface area is 134 Å². The average molecular weight is 326 g/mol. The van der Waals surface area contributed by atoms with Gasteiger partial charge < -0.3 is 20.1 Å². The van der Waals surface area contributed by atoms with Gasteiger partial charge in [-0.05, 0) is 45.1 Å². The van der Waals surface area contributed by atoms with Crippen LogP contribution in [0.25, 0.3) is 0 Å². The van der Waals surface area contributed by atoms with E-state index in [2.05, 4.69) is 5.32 Å². The number of carbonyl (C=O) groups is 2. The lowest BCUT2D eigenvalue weighted by molar-refractivity contribution is 0.0210. The third kappa shape index (κ3) is 4.37. The van der Waals surface area contributed by atoms with Gasteiger partial charge in [0.2, 0.25) is 0 Å². The molecule has 1 aliphatic heterocycles. The van der Waals surface area contributed by atoms with Crippen molar-refractivity contribution < 1.29 is 19.4 Å². The number of anilines is 1. The summed E-state index contributed by atoms with van der Waals surface area (Å²) in [5.41, 5.74) is 0.174. The van der Waals surface area contributed by atoms with Crippen LogP contribution in [-0.4, -0.2) is 46.8 Å². The molecule has 0 aliphatic carbocycles. The Morgan fingerprint density at radius 1 is 1.36 bits per heavy atom. The fourth-order valence-corrected chi connectivity index (χ4v) is 3.04. The maximum atomic E-state index is 12.0. The summed E-state index contributed by atoms with van der Waals surface area (Å²) in [6.45, 7) is 6.77. The second-order valence-corrected chi connectivity index (χ2v) is 7.27. The molecular weight excluding hydrogens is 304 g/mol. The Balaban J connectivity index is 1.86. The molecule has 122 valence electrons. The minimum absolute atomic E-state index is 0.173. The molecule has 1 amide bonds. The number of thiophene rings is 1. The quantitative estimate of drug-likeness (QED) is 0.891. The maximum Gasteiger partial charge on any atom is 0.410 e. The summed E-state index contributed by atoms with van der Waals surface area (Å²) in [7, 11) is 0. The highest BCUT2D eigenvalue weighted by Gasteiger charge is 2.27. The summed E-state index contributed by atoms with van der Waals surface area (Å²) in [5.74, 6) is -0.913. The van der Waals surface area contributed by atoms with Crippen LogP contribution in [0, 0.1) is 0 Å². The zero-order valence-corrected chi connectivity index (χ0v) is 13.9. The van der Waals surface area contributed by atoms with Crippen molar-refractivity contribution in [2.45, 2.75) is 45.3 Å². The van der Waals surface area contributed by atoms with E-state index < -0.39 is 11.6 Å². The summed E-state index contributed by atoms with van der Waals surface area (Å²) in [6, 6.07) is 1.96. The highest BCUT2D eigenvalue weighted by atomic mass is 32.1. The summed E-state index contributed by atoms with van der Waals surface area (Å²) < 4.78 is 5.36. The Kier molecular flexibility index (Phi) is 4.95. The maximum absolute atomic E-state index is 12.0. The number of rotatable bonds is 3. The number of piperidine rings is 1. The van der Waals surface area contributed by atoms with E-state index in [4.69, 9.17) is 9.84 Å². The summed E-state index contributed by atoms with van der Waals surface area (Å²) in [4.78, 5) is 25.1. The highest BCUT2D eigenvalue weighted by Crippen LogP contribution is 2.25. The van der Waals surface area contributed by atoms with Crippen LogP contribution < -0.4 is 5.32 Å². The van der Waals surface area contributed by atoms with E-state index >= 15 is 0 Å². The number of carbonyl (C=O) groups excluding carboxylic acids is 1. The fraction of sp³-hybridized carbons (Fsp3) is 0.600. The summed E-state index contributed by atoms with van der Waals surface area (Å²) in [6.07, 6.45) is 1.26. The minimum Gasteiger partial charge on any atom is -0.477 e. The van der Waals surface area contributed by atoms with Crippen LogP contribution in [0.1, 0.15) is 43.3 Å². The summed E-state index contributed by atoms with van der Waals surface area (Å²) >= 11 is 1.21. The van der Waals surface area contributed by atoms with Gasteiger partial charge in [-0.3, -0.25) is 0 Å². The van der Waals surface area contributed by atoms with Crippen LogP contribution in [0.2, 0.25) is 0 Å². The molecule has 2 N–H and O–H groups in total. The van der Waals surface area contributed by atoms with E-state index in [1.807, 2.05) is 20.8 Å². The third-order valence-electron chi connectivity index (χ3n) is 3.37. The molecule has 0 aromatic carbocycles. The number of hydrogen-bond acceptors (Lipinski definition) is 5. The Morgan fingerprint density at radius 2 is 2.00 bits per heavy atom. The number of likely N-dealkylation sites (tertiary alicyclic amines) is 1. The predicted molar refractivity (Wildman–Crippen MR) is 85.7 cm³/mol. The standard InChI is InChI=1S/C15H22N2O4S/c1-15(2,3)21-14(20)17-7-4-10(5-8-17)16-11-6-9-22-12(11)13(18)19/h6,9-10,16H,4-5,7-8H2,1-3H3,(H,18,19). The second-order valence-electron chi connectivity index (χ2n) is 6.35. The molecule has 0 spiro atoms. The highest BCUT2D eigenvalue weighted by molar-refractivity contribution is 7.12. The summed E-state index contributed by atoms with van der Waals surface area (Å²) in [5, 5.41) is 14.1. The zero-order chi connectivity index (χ0) is 16.3. The molecule has 1 fully saturated rings. The van der Waals surface area contributed by atoms with Crippen molar-refractivity contribution in [3.8, 4) is 0 Å². The van der Waals surface area contributed by atoms with E-state index in [-0.39, 0.29) is 12.1 Å². The van der Waals surface area contributed by atoms with E-state index in [1.165, 1.54) is 11.3 Å². The van der Waals surface area contributed by atoms with E-state index in [0.717, 1.165) is 12.8 Å². The number of nitrogens with one attached hydrogen (secondary N) is 1. The molecule has 1 saturated heterocycles. The van der Waals surface area contributed by atoms with Crippen LogP contribution in [0.3, 0.4) is 0 Å². The lowest BCUT2D eigenvalue weighted by Gasteiger charge is -2.34. The van der Waals surface area contributed by atoms with Crippen molar-refractivity contribution in [3.05, 3.63) is 16.3 Å². The third-order valence-corrected chi connectivity index (χ3v) is 4.27. The number of nitrogens with zero attached hydrogens (tertiary/aromatic N) is 1. The Bertz CT molecular complexity index is 542. The van der Waals surface area contributed by atoms with Gasteiger partial charge in [-0.25, -0.2) is 9.59 Å². The Morgan fingerprint density at radius 3 is 2.55 bits per heavy atom. The van der Waals surface area contributed by atoms with Crippen molar-refractivity contribution in [2.75, 3.05) is 18.4 Å². The number of ether oxygens (including phenoxy) is 1. The van der Waals surface area contributed by atoms with E-state index in [9.17, 15) is 9.59 Å². The fourth-order valence-electron chi connectivity index (χ4n) is 2.34. The lowest BCUT2D eigenvalue weighted by atomic mass is 10.1. The van der Waals surface area contributed by atoms with Gasteiger partial charge in [0, 0.05) is 19.1 Å². The molecule has 1 aliphatic rings. The smallest absolute Gasteiger partial charge is 0.410 e. The number of amides is 1. The second kappa shape index (κ2) is 6.56. The number of hydrogen-bond donors (Lipinski definition) is 2. The van der Waals surface area contributed by atoms with Crippen molar-refractivity contribution in [3.63, 3.8) is 0 Å². The molecule has 6 nitrogen and oxygen atoms in total. The molecule has 0 unspecified atom stereocenters. The van der Waals surface area contributed by atoms with Gasteiger partial charge in [-0.15, -0.1) is 11.3 Å². The van der Waals surface area contributed by atoms with Gasteiger partial charge in [0.1, 0.15) is 10.5 Å². The van der Waals surface area contributed by atoms with Crippen molar-refractivity contribution in [2.24, 2.45) is 0 Å². The first-order chi connectivity index (χ1) is 10.3. The SMILES string of the molecule is CC(C)(C)OC(=O)N1CCC(Nc2ccsc2C(=O)O)CC1. The van der Waals surface area contributed by atoms with Gasteiger partial charge in [0.05, 0.1) is 5.69 Å². The zero-order valence-electron chi connectivity index (χ0n) is 13.1. The monoisotopic (exact) mass is 326 g/mol. The van der Waals surface area contributed by atoms with Gasteiger partial charge in [-0.1, -0.05) is 0 Å². The first-order valence-electron chi connectivity index (χ1n) is 7.31. The van der Waals surface area contributed by atoms with Crippen LogP contribution in [0.5, 0.6) is 0 Å². The van der Waals surface area contributed by atoms with Crippen molar-refractivity contribution >= 4 is 29.1 Å². The van der Waals surface area contributed by atoms with Crippen LogP contribution in [-0.2, 0) is 4.74 Å². The first kappa shape index (κ1) is 16.6. The minimum atomic E-state index is -0.913. The van der Waals surface area contributed by atoms with E-state index in [1.54, 1.807) is 16.3 Å². The molecule has 22 heavy (non-hydrogen) atoms. The van der Waals surface area contributed by atoms with Crippen LogP contribution in [0.15, 0.2) is 11.4 Å². The normalized spacial score (nSPS) is 16.4. The molecule has 7 heteroatoms. The molecule has 2 rings (SSSR count). The van der Waals surface area contributed by atoms with Crippen molar-refractivity contribution in [1.29, 1.82) is 0 Å². The topological polar surface area (TPSA) is 78.9 Å². The molecule has 0 radical (unpaired) electrons. The largest absolute Gasteiger partial charge is 0.477 e. The van der Waals surface area contributed by atoms with Gasteiger partial charge in [0.25, 0.3) is 0 Å². The number of carboxylic acids is 1. The van der Waals surface area contributed by atoms with Gasteiger partial charge in [0.15, 0.2) is 0 Å². The first-order valence-corrected chi connectivity index (χ1v) is 8.19. The van der Waals surface area contributed by atoms with Crippen LogP contribution >= 0.6 is 11.3 Å². The predicted octanol–water partition coefficient (Wildman–Crippen LogP) is 3.26. The molecule has 1 aromatic heterocycles.